The molecule has 0 spiro atoms. The molecule has 4 aromatic rings. The van der Waals surface area contributed by atoms with Gasteiger partial charge in [0.25, 0.3) is 0 Å². The minimum Gasteiger partial charge on any atom is -0.192 e. The van der Waals surface area contributed by atoms with Crippen molar-refractivity contribution in [2.24, 2.45) is 0 Å². The molecule has 0 aliphatic carbocycles. The molecule has 0 N–H and O–H groups in total. The number of halogens is 1. The second-order valence-corrected chi connectivity index (χ2v) is 7.57. The number of nitrogens with zero attached hydrogens (tertiary/aromatic N) is 1. The van der Waals surface area contributed by atoms with E-state index >= 15 is 0 Å². The number of benzene rings is 4. The van der Waals surface area contributed by atoms with Gasteiger partial charge in [0.15, 0.2) is 0 Å². The lowest BCUT2D eigenvalue weighted by Crippen LogP contribution is -1.96. The summed E-state index contributed by atoms with van der Waals surface area (Å²) in [4.78, 5) is 0. The summed E-state index contributed by atoms with van der Waals surface area (Å²) in [5, 5.41) is 12.0. The van der Waals surface area contributed by atoms with Crippen molar-refractivity contribution in [3.8, 4) is 28.3 Å². The SMILES string of the molecule is Cc1c(-c2ccccc2)cc(Br)c(-c2ccc3ccccc3c2C#N)c1C. The van der Waals surface area contributed by atoms with Crippen LogP contribution in [-0.2, 0) is 0 Å². The van der Waals surface area contributed by atoms with Crippen molar-refractivity contribution in [1.82, 2.24) is 0 Å². The van der Waals surface area contributed by atoms with Gasteiger partial charge >= 0.3 is 0 Å². The highest BCUT2D eigenvalue weighted by Crippen LogP contribution is 2.41. The van der Waals surface area contributed by atoms with Gasteiger partial charge in [-0.2, -0.15) is 5.26 Å². The van der Waals surface area contributed by atoms with E-state index < -0.39 is 0 Å². The summed E-state index contributed by atoms with van der Waals surface area (Å²) in [6.45, 7) is 4.29. The maximum absolute atomic E-state index is 9.90. The van der Waals surface area contributed by atoms with Gasteiger partial charge in [-0.05, 0) is 47.6 Å². The predicted molar refractivity (Wildman–Crippen MR) is 117 cm³/mol. The molecule has 2 heteroatoms. The maximum atomic E-state index is 9.90. The van der Waals surface area contributed by atoms with Crippen LogP contribution in [-0.4, -0.2) is 0 Å². The average molecular weight is 412 g/mol. The third kappa shape index (κ3) is 2.95. The first kappa shape index (κ1) is 17.5. The standard InChI is InChI=1S/C25H18BrN/c1-16-17(2)25(24(26)14-22(16)18-8-4-3-5-9-18)21-13-12-19-10-6-7-11-20(19)23(21)15-27/h3-14H,1-2H3. The Hall–Kier alpha value is -2.89. The first-order chi connectivity index (χ1) is 13.1. The highest BCUT2D eigenvalue weighted by Gasteiger charge is 2.17. The summed E-state index contributed by atoms with van der Waals surface area (Å²) in [6, 6.07) is 27.2. The molecule has 0 fully saturated rings. The monoisotopic (exact) mass is 411 g/mol. The van der Waals surface area contributed by atoms with Gasteiger partial charge in [0.2, 0.25) is 0 Å². The second-order valence-electron chi connectivity index (χ2n) is 6.72. The topological polar surface area (TPSA) is 23.8 Å². The molecule has 0 aromatic heterocycles. The third-order valence-corrected chi connectivity index (χ3v) is 5.87. The molecule has 4 rings (SSSR count). The van der Waals surface area contributed by atoms with E-state index in [2.05, 4.69) is 78.3 Å². The van der Waals surface area contributed by atoms with Crippen LogP contribution < -0.4 is 0 Å². The number of rotatable bonds is 2. The van der Waals surface area contributed by atoms with Gasteiger partial charge < -0.3 is 0 Å². The summed E-state index contributed by atoms with van der Waals surface area (Å²) >= 11 is 3.78. The lowest BCUT2D eigenvalue weighted by atomic mass is 9.87. The molecule has 0 saturated carbocycles. The fourth-order valence-corrected chi connectivity index (χ4v) is 4.46. The summed E-state index contributed by atoms with van der Waals surface area (Å²) in [7, 11) is 0. The van der Waals surface area contributed by atoms with Gasteiger partial charge in [-0.1, -0.05) is 82.7 Å². The van der Waals surface area contributed by atoms with Gasteiger partial charge in [-0.3, -0.25) is 0 Å². The van der Waals surface area contributed by atoms with Crippen LogP contribution in [0.5, 0.6) is 0 Å². The zero-order valence-corrected chi connectivity index (χ0v) is 16.8. The zero-order chi connectivity index (χ0) is 19.0. The van der Waals surface area contributed by atoms with Crippen LogP contribution in [0.3, 0.4) is 0 Å². The Balaban J connectivity index is 2.00. The molecular formula is C25H18BrN. The number of hydrogen-bond acceptors (Lipinski definition) is 1. The van der Waals surface area contributed by atoms with Crippen molar-refractivity contribution >= 4 is 26.7 Å². The van der Waals surface area contributed by atoms with Crippen LogP contribution in [0.4, 0.5) is 0 Å². The lowest BCUT2D eigenvalue weighted by molar-refractivity contribution is 1.32. The molecule has 0 bridgehead atoms. The Labute approximate surface area is 168 Å². The summed E-state index contributed by atoms with van der Waals surface area (Å²) in [6.07, 6.45) is 0. The fraction of sp³-hybridized carbons (Fsp3) is 0.0800. The Morgan fingerprint density at radius 2 is 1.48 bits per heavy atom. The molecule has 0 aliphatic heterocycles. The summed E-state index contributed by atoms with van der Waals surface area (Å²) < 4.78 is 1.01. The molecule has 0 heterocycles. The molecule has 0 atom stereocenters. The zero-order valence-electron chi connectivity index (χ0n) is 15.3. The van der Waals surface area contributed by atoms with Gasteiger partial charge in [-0.25, -0.2) is 0 Å². The minimum absolute atomic E-state index is 0.726. The Morgan fingerprint density at radius 1 is 0.778 bits per heavy atom. The number of fused-ring (bicyclic) bond motifs is 1. The Bertz CT molecular complexity index is 1200. The predicted octanol–water partition coefficient (Wildman–Crippen LogP) is 7.42. The molecule has 4 aromatic carbocycles. The Kier molecular flexibility index (Phi) is 4.56. The van der Waals surface area contributed by atoms with Gasteiger partial charge in [0.05, 0.1) is 5.56 Å². The van der Waals surface area contributed by atoms with E-state index in [0.29, 0.717) is 0 Å². The third-order valence-electron chi connectivity index (χ3n) is 5.25. The normalized spacial score (nSPS) is 10.7. The van der Waals surface area contributed by atoms with Crippen molar-refractivity contribution < 1.29 is 0 Å². The van der Waals surface area contributed by atoms with E-state index in [0.717, 1.165) is 31.9 Å². The van der Waals surface area contributed by atoms with Crippen LogP contribution >= 0.6 is 15.9 Å². The van der Waals surface area contributed by atoms with Gasteiger partial charge in [0, 0.05) is 21.0 Å². The molecule has 1 nitrogen and oxygen atoms in total. The smallest absolute Gasteiger partial charge is 0.100 e. The number of nitriles is 1. The van der Waals surface area contributed by atoms with Crippen molar-refractivity contribution in [2.75, 3.05) is 0 Å². The molecule has 130 valence electrons. The van der Waals surface area contributed by atoms with Crippen LogP contribution in [0.2, 0.25) is 0 Å². The van der Waals surface area contributed by atoms with Crippen LogP contribution in [0.25, 0.3) is 33.0 Å². The first-order valence-corrected chi connectivity index (χ1v) is 9.68. The average Bonchev–Trinajstić information content (AvgIpc) is 2.71. The van der Waals surface area contributed by atoms with E-state index in [1.54, 1.807) is 0 Å². The van der Waals surface area contributed by atoms with Crippen LogP contribution in [0, 0.1) is 25.2 Å². The Morgan fingerprint density at radius 3 is 2.22 bits per heavy atom. The van der Waals surface area contributed by atoms with Crippen molar-refractivity contribution in [3.05, 3.63) is 94.0 Å². The lowest BCUT2D eigenvalue weighted by Gasteiger charge is -2.18. The largest absolute Gasteiger partial charge is 0.192 e. The number of hydrogen-bond donors (Lipinski definition) is 0. The molecule has 0 amide bonds. The van der Waals surface area contributed by atoms with E-state index in [4.69, 9.17) is 0 Å². The van der Waals surface area contributed by atoms with Crippen molar-refractivity contribution in [3.63, 3.8) is 0 Å². The van der Waals surface area contributed by atoms with E-state index in [1.165, 1.54) is 22.3 Å². The molecule has 0 aliphatic rings. The molecular weight excluding hydrogens is 394 g/mol. The highest BCUT2D eigenvalue weighted by atomic mass is 79.9. The second kappa shape index (κ2) is 7.02. The van der Waals surface area contributed by atoms with E-state index in [1.807, 2.05) is 30.3 Å². The summed E-state index contributed by atoms with van der Waals surface area (Å²) in [5.74, 6) is 0. The van der Waals surface area contributed by atoms with Crippen LogP contribution in [0.1, 0.15) is 16.7 Å². The molecule has 0 saturated heterocycles. The van der Waals surface area contributed by atoms with E-state index in [-0.39, 0.29) is 0 Å². The van der Waals surface area contributed by atoms with Crippen LogP contribution in [0.15, 0.2) is 77.3 Å². The summed E-state index contributed by atoms with van der Waals surface area (Å²) in [5.41, 5.74) is 7.63. The fourth-order valence-electron chi connectivity index (χ4n) is 3.72. The maximum Gasteiger partial charge on any atom is 0.100 e. The molecule has 27 heavy (non-hydrogen) atoms. The van der Waals surface area contributed by atoms with Crippen molar-refractivity contribution in [1.29, 1.82) is 5.26 Å². The quantitative estimate of drug-likeness (QED) is 0.336. The molecule has 0 radical (unpaired) electrons. The van der Waals surface area contributed by atoms with E-state index in [9.17, 15) is 5.26 Å². The highest BCUT2D eigenvalue weighted by molar-refractivity contribution is 9.10. The van der Waals surface area contributed by atoms with Gasteiger partial charge in [0.1, 0.15) is 6.07 Å². The minimum atomic E-state index is 0.726. The van der Waals surface area contributed by atoms with Gasteiger partial charge in [-0.15, -0.1) is 0 Å². The van der Waals surface area contributed by atoms with Crippen molar-refractivity contribution in [2.45, 2.75) is 13.8 Å². The molecule has 0 unspecified atom stereocenters. The first-order valence-electron chi connectivity index (χ1n) is 8.89.